The average Bonchev–Trinajstić information content (AvgIpc) is 3.60. The van der Waals surface area contributed by atoms with Crippen molar-refractivity contribution in [3.8, 4) is 0 Å². The van der Waals surface area contributed by atoms with Crippen LogP contribution in [0.4, 0.5) is 5.69 Å². The second-order valence-electron chi connectivity index (χ2n) is 11.2. The van der Waals surface area contributed by atoms with E-state index in [1.165, 1.54) is 18.2 Å². The Morgan fingerprint density at radius 1 is 1.05 bits per heavy atom. The van der Waals surface area contributed by atoms with Gasteiger partial charge in [0.05, 0.1) is 60.3 Å². The zero-order valence-corrected chi connectivity index (χ0v) is 22.6. The fourth-order valence-corrected chi connectivity index (χ4v) is 6.74. The van der Waals surface area contributed by atoms with E-state index in [0.29, 0.717) is 38.3 Å². The van der Waals surface area contributed by atoms with Gasteiger partial charge >= 0.3 is 0 Å². The number of hydrogen-bond donors (Lipinski definition) is 9. The third kappa shape index (κ3) is 3.92. The van der Waals surface area contributed by atoms with E-state index in [1.54, 1.807) is 17.1 Å². The predicted molar refractivity (Wildman–Crippen MR) is 150 cm³/mol. The third-order valence-corrected chi connectivity index (χ3v) is 8.72. The molecule has 7 rings (SSSR count). The number of benzene rings is 1. The normalized spacial score (nSPS) is 27.8. The molecule has 5 atom stereocenters. The number of nitrogens with one attached hydrogen (secondary N) is 2. The molecule has 14 heteroatoms. The lowest BCUT2D eigenvalue weighted by atomic mass is 9.93. The summed E-state index contributed by atoms with van der Waals surface area (Å²) in [6.45, 7) is -1.66. The number of carbonyl (C=O) groups is 2. The molecule has 4 heterocycles. The number of carbonyl (C=O) groups excluding carboxylic acids is 2. The summed E-state index contributed by atoms with van der Waals surface area (Å²) in [4.78, 5) is 33.1. The summed E-state index contributed by atoms with van der Waals surface area (Å²) >= 11 is 0. The molecule has 226 valence electrons. The van der Waals surface area contributed by atoms with Gasteiger partial charge in [-0.25, -0.2) is 10.4 Å². The highest BCUT2D eigenvalue weighted by Crippen LogP contribution is 2.43. The molecule has 14 nitrogen and oxygen atoms in total. The highest BCUT2D eigenvalue weighted by molar-refractivity contribution is 6.29. The monoisotopic (exact) mass is 594 g/mol. The van der Waals surface area contributed by atoms with E-state index in [1.807, 2.05) is 0 Å². The minimum atomic E-state index is -1.34. The molecule has 0 bridgehead atoms. The summed E-state index contributed by atoms with van der Waals surface area (Å²) in [6.07, 6.45) is 3.20. The van der Waals surface area contributed by atoms with Crippen LogP contribution in [0.5, 0.6) is 0 Å². The number of aromatic amines is 1. The van der Waals surface area contributed by atoms with E-state index in [-0.39, 0.29) is 35.5 Å². The Bertz CT molecular complexity index is 1790. The summed E-state index contributed by atoms with van der Waals surface area (Å²) in [5.74, 6) is -1.46. The van der Waals surface area contributed by atoms with Crippen molar-refractivity contribution in [3.05, 3.63) is 63.1 Å². The summed E-state index contributed by atoms with van der Waals surface area (Å²) in [5, 5.41) is 73.2. The summed E-state index contributed by atoms with van der Waals surface area (Å²) in [6, 6.07) is -1.73. The fourth-order valence-electron chi connectivity index (χ4n) is 6.74. The number of H-pyrrole nitrogens is 1. The number of anilines is 1. The lowest BCUT2D eigenvalue weighted by molar-refractivity contribution is -0.179. The van der Waals surface area contributed by atoms with Gasteiger partial charge < -0.3 is 50.4 Å². The van der Waals surface area contributed by atoms with Crippen molar-refractivity contribution in [1.82, 2.24) is 15.4 Å². The van der Waals surface area contributed by atoms with Gasteiger partial charge in [0, 0.05) is 28.5 Å². The van der Waals surface area contributed by atoms with Crippen LogP contribution in [0.2, 0.25) is 0 Å². The quantitative estimate of drug-likeness (QED) is 0.160. The van der Waals surface area contributed by atoms with Crippen LogP contribution >= 0.6 is 0 Å². The number of aliphatic hydroxyl groups is 7. The van der Waals surface area contributed by atoms with E-state index in [0.717, 1.165) is 5.01 Å². The van der Waals surface area contributed by atoms with Gasteiger partial charge in [-0.2, -0.15) is 0 Å². The first kappa shape index (κ1) is 27.8. The lowest BCUT2D eigenvalue weighted by Crippen LogP contribution is -2.56. The van der Waals surface area contributed by atoms with Gasteiger partial charge in [-0.3, -0.25) is 9.59 Å². The van der Waals surface area contributed by atoms with Crippen molar-refractivity contribution < 1.29 is 50.1 Å². The number of hydrogen-bond acceptors (Lipinski definition) is 12. The highest BCUT2D eigenvalue weighted by atomic mass is 16.5. The molecule has 0 radical (unpaired) electrons. The molecule has 2 aliphatic carbocycles. The van der Waals surface area contributed by atoms with E-state index in [4.69, 9.17) is 4.74 Å². The Labute approximate surface area is 243 Å². The molecule has 0 saturated carbocycles. The van der Waals surface area contributed by atoms with Crippen molar-refractivity contribution in [3.63, 3.8) is 0 Å². The van der Waals surface area contributed by atoms with Gasteiger partial charge in [-0.1, -0.05) is 6.08 Å². The number of aliphatic hydroxyl groups excluding tert-OH is 7. The largest absolute Gasteiger partial charge is 0.508 e. The van der Waals surface area contributed by atoms with Crippen LogP contribution in [0.3, 0.4) is 0 Å². The van der Waals surface area contributed by atoms with Crippen LogP contribution in [0, 0.1) is 0 Å². The molecular weight excluding hydrogens is 564 g/mol. The van der Waals surface area contributed by atoms with Gasteiger partial charge in [0.2, 0.25) is 0 Å². The van der Waals surface area contributed by atoms with Gasteiger partial charge in [0.25, 0.3) is 11.8 Å². The number of nitrogens with zero attached hydrogens (tertiary/aromatic N) is 2. The number of fused-ring (bicyclic) bond motifs is 9. The first-order chi connectivity index (χ1) is 20.7. The molecule has 3 aliphatic heterocycles. The maximum Gasteiger partial charge on any atom is 0.276 e. The Balaban J connectivity index is 1.54. The van der Waals surface area contributed by atoms with E-state index in [9.17, 15) is 45.3 Å². The van der Waals surface area contributed by atoms with E-state index in [2.05, 4.69) is 10.4 Å². The standard InChI is InChI=1S/C29H30N4O10/c34-8-11(9-35)31-33-28(41)23-21-14-3-1-12(37)5-16(14)30-25(21)26-22(24(23)29(33)42)15-4-2-13(38)6-17(15)32(26)20-7-18(39)27(40)19(10-36)43-20/h1-2,4-6,11,17-20,27,30-31,34-40H,3,7-10H2/t17?,18-,19-,20+,27+/m1/s1. The molecular formula is C29H30N4O10. The van der Waals surface area contributed by atoms with Crippen molar-refractivity contribution in [1.29, 1.82) is 0 Å². The number of imide groups is 1. The molecule has 1 fully saturated rings. The molecule has 1 aromatic carbocycles. The number of amides is 2. The summed E-state index contributed by atoms with van der Waals surface area (Å²) in [7, 11) is 0. The summed E-state index contributed by atoms with van der Waals surface area (Å²) < 4.78 is 6.10. The third-order valence-electron chi connectivity index (χ3n) is 8.72. The molecule has 0 spiro atoms. The lowest BCUT2D eigenvalue weighted by Gasteiger charge is -2.43. The molecule has 2 aromatic rings. The molecule has 1 unspecified atom stereocenters. The first-order valence-corrected chi connectivity index (χ1v) is 13.9. The number of allylic oxidation sites excluding steroid dienone is 3. The first-order valence-electron chi connectivity index (χ1n) is 13.9. The fraction of sp³-hybridized carbons (Fsp3) is 0.379. The summed E-state index contributed by atoms with van der Waals surface area (Å²) in [5.41, 5.74) is 4.86. The van der Waals surface area contributed by atoms with Crippen molar-refractivity contribution in [2.24, 2.45) is 0 Å². The van der Waals surface area contributed by atoms with E-state index >= 15 is 0 Å². The average molecular weight is 595 g/mol. The van der Waals surface area contributed by atoms with Gasteiger partial charge in [0.15, 0.2) is 0 Å². The minimum absolute atomic E-state index is 0.0148. The zero-order chi connectivity index (χ0) is 30.3. The predicted octanol–water partition coefficient (Wildman–Crippen LogP) is -2.42. The van der Waals surface area contributed by atoms with Crippen LogP contribution in [0.1, 0.15) is 32.7 Å². The zero-order valence-electron chi connectivity index (χ0n) is 22.6. The van der Waals surface area contributed by atoms with Crippen LogP contribution in [0.25, 0.3) is 22.6 Å². The molecule has 1 aromatic heterocycles. The number of aromatic nitrogens is 1. The maximum absolute atomic E-state index is 14.1. The Morgan fingerprint density at radius 2 is 1.79 bits per heavy atom. The topological polar surface area (TPSA) is 219 Å². The SMILES string of the molecule is O=C1c2c(c3c4c([nH]c3c3c2=C2C=CC(O)=CC2N3[C@@H]2C[C@@H](O)[C@H](O)[C@@H](CO)O2)=CC(O)=CC4)C(=O)N1NC(CO)CO. The van der Waals surface area contributed by atoms with Crippen molar-refractivity contribution in [2.75, 3.05) is 24.7 Å². The van der Waals surface area contributed by atoms with Crippen LogP contribution < -0.4 is 20.9 Å². The van der Waals surface area contributed by atoms with Crippen molar-refractivity contribution >= 4 is 40.1 Å². The minimum Gasteiger partial charge on any atom is -0.508 e. The maximum atomic E-state index is 14.1. The molecule has 2 amide bonds. The van der Waals surface area contributed by atoms with E-state index < -0.39 is 68.3 Å². The van der Waals surface area contributed by atoms with Gasteiger partial charge in [-0.05, 0) is 35.8 Å². The number of ether oxygens (including phenoxy) is 1. The Kier molecular flexibility index (Phi) is 6.48. The van der Waals surface area contributed by atoms with Crippen LogP contribution in [-0.4, -0.2) is 114 Å². The van der Waals surface area contributed by atoms with Gasteiger partial charge in [0.1, 0.15) is 30.0 Å². The molecule has 5 aliphatic rings. The Morgan fingerprint density at radius 3 is 2.51 bits per heavy atom. The van der Waals surface area contributed by atoms with Gasteiger partial charge in [-0.15, -0.1) is 0 Å². The van der Waals surface area contributed by atoms with Crippen LogP contribution in [-0.2, 0) is 11.2 Å². The number of rotatable bonds is 6. The molecule has 1 saturated heterocycles. The smallest absolute Gasteiger partial charge is 0.276 e. The Hall–Kier alpha value is -4.02. The van der Waals surface area contributed by atoms with Crippen molar-refractivity contribution in [2.45, 2.75) is 49.5 Å². The second-order valence-corrected chi connectivity index (χ2v) is 11.2. The molecule has 43 heavy (non-hydrogen) atoms. The van der Waals surface area contributed by atoms with Crippen LogP contribution in [0.15, 0.2) is 35.8 Å². The second kappa shape index (κ2) is 10.0. The highest BCUT2D eigenvalue weighted by Gasteiger charge is 2.49. The molecule has 9 N–H and O–H groups in total. The number of hydrazine groups is 1.